The number of carbonyl (C=O) groups is 2. The Hall–Kier alpha value is -1.89. The van der Waals surface area contributed by atoms with Gasteiger partial charge in [-0.05, 0) is 44.8 Å². The van der Waals surface area contributed by atoms with Crippen molar-refractivity contribution in [1.29, 1.82) is 0 Å². The molecule has 0 aliphatic carbocycles. The van der Waals surface area contributed by atoms with Crippen LogP contribution in [0.2, 0.25) is 0 Å². The molecule has 138 valence electrons. The second-order valence-electron chi connectivity index (χ2n) is 7.29. The third-order valence-corrected chi connectivity index (χ3v) is 5.70. The molecule has 0 saturated carbocycles. The highest BCUT2D eigenvalue weighted by Gasteiger charge is 2.45. The maximum atomic E-state index is 13.0. The summed E-state index contributed by atoms with van der Waals surface area (Å²) in [7, 11) is 0. The number of carboxylic acid groups (broad SMARTS) is 1. The Labute approximate surface area is 148 Å². The van der Waals surface area contributed by atoms with Crippen molar-refractivity contribution in [1.82, 2.24) is 19.6 Å². The fourth-order valence-electron chi connectivity index (χ4n) is 4.14. The topological polar surface area (TPSA) is 78.7 Å². The molecule has 3 heterocycles. The van der Waals surface area contributed by atoms with Crippen LogP contribution in [0.3, 0.4) is 0 Å². The van der Waals surface area contributed by atoms with Crippen LogP contribution in [0.5, 0.6) is 0 Å². The third kappa shape index (κ3) is 3.29. The summed E-state index contributed by atoms with van der Waals surface area (Å²) in [6.45, 7) is 6.87. The van der Waals surface area contributed by atoms with Gasteiger partial charge in [0.25, 0.3) is 0 Å². The summed E-state index contributed by atoms with van der Waals surface area (Å²) < 4.78 is 1.57. The van der Waals surface area contributed by atoms with Crippen molar-refractivity contribution in [2.24, 2.45) is 0 Å². The van der Waals surface area contributed by atoms with Gasteiger partial charge in [-0.2, -0.15) is 5.10 Å². The van der Waals surface area contributed by atoms with Gasteiger partial charge in [0.2, 0.25) is 5.91 Å². The van der Waals surface area contributed by atoms with Crippen molar-refractivity contribution >= 4 is 11.9 Å². The summed E-state index contributed by atoms with van der Waals surface area (Å²) in [4.78, 5) is 29.1. The summed E-state index contributed by atoms with van der Waals surface area (Å²) in [5.74, 6) is -0.714. The smallest absolute Gasteiger partial charge is 0.331 e. The van der Waals surface area contributed by atoms with Crippen LogP contribution < -0.4 is 0 Å². The van der Waals surface area contributed by atoms with E-state index in [2.05, 4.69) is 16.9 Å². The molecular weight excluding hydrogens is 320 g/mol. The molecule has 25 heavy (non-hydrogen) atoms. The summed E-state index contributed by atoms with van der Waals surface area (Å²) in [5.41, 5.74) is -0.0976. The number of aryl methyl sites for hydroxylation is 1. The van der Waals surface area contributed by atoms with Crippen LogP contribution in [-0.2, 0) is 15.1 Å². The molecule has 1 aromatic rings. The van der Waals surface area contributed by atoms with E-state index in [1.54, 1.807) is 17.1 Å². The highest BCUT2D eigenvalue weighted by Crippen LogP contribution is 2.31. The van der Waals surface area contributed by atoms with Crippen LogP contribution in [0.15, 0.2) is 12.4 Å². The number of hydrogen-bond acceptors (Lipinski definition) is 4. The zero-order valence-corrected chi connectivity index (χ0v) is 15.1. The lowest BCUT2D eigenvalue weighted by molar-refractivity contribution is -0.154. The molecule has 0 radical (unpaired) electrons. The van der Waals surface area contributed by atoms with Gasteiger partial charge in [0.15, 0.2) is 5.54 Å². The quantitative estimate of drug-likeness (QED) is 0.872. The lowest BCUT2D eigenvalue weighted by atomic mass is 9.87. The Balaban J connectivity index is 1.71. The number of carboxylic acids is 1. The first-order valence-electron chi connectivity index (χ1n) is 9.26. The second kappa shape index (κ2) is 7.15. The molecule has 2 aliphatic rings. The molecule has 7 nitrogen and oxygen atoms in total. The molecular formula is C18H28N4O3. The van der Waals surface area contributed by atoms with Gasteiger partial charge in [-0.1, -0.05) is 6.92 Å². The van der Waals surface area contributed by atoms with Crippen LogP contribution in [0.1, 0.15) is 44.6 Å². The molecule has 2 aliphatic heterocycles. The maximum absolute atomic E-state index is 13.0. The van der Waals surface area contributed by atoms with E-state index in [0.717, 1.165) is 37.9 Å². The van der Waals surface area contributed by atoms with Gasteiger partial charge in [-0.3, -0.25) is 14.4 Å². The van der Waals surface area contributed by atoms with E-state index < -0.39 is 11.5 Å². The lowest BCUT2D eigenvalue weighted by Crippen LogP contribution is -2.56. The Bertz CT molecular complexity index is 628. The lowest BCUT2D eigenvalue weighted by Gasteiger charge is -2.41. The maximum Gasteiger partial charge on any atom is 0.331 e. The van der Waals surface area contributed by atoms with Gasteiger partial charge in [0, 0.05) is 32.1 Å². The van der Waals surface area contributed by atoms with Gasteiger partial charge in [-0.25, -0.2) is 4.79 Å². The number of amides is 1. The van der Waals surface area contributed by atoms with Crippen LogP contribution in [0, 0.1) is 6.92 Å². The van der Waals surface area contributed by atoms with Crippen LogP contribution in [0.4, 0.5) is 0 Å². The van der Waals surface area contributed by atoms with Crippen molar-refractivity contribution in [3.05, 3.63) is 18.0 Å². The van der Waals surface area contributed by atoms with Crippen LogP contribution in [0.25, 0.3) is 0 Å². The van der Waals surface area contributed by atoms with Gasteiger partial charge in [0.05, 0.1) is 12.2 Å². The minimum absolute atomic E-state index is 0.0632. The number of likely N-dealkylation sites (tertiary alicyclic amines) is 2. The molecule has 1 amide bonds. The van der Waals surface area contributed by atoms with E-state index in [1.807, 2.05) is 11.8 Å². The van der Waals surface area contributed by atoms with E-state index in [0.29, 0.717) is 25.9 Å². The van der Waals surface area contributed by atoms with Crippen LogP contribution >= 0.6 is 0 Å². The highest BCUT2D eigenvalue weighted by atomic mass is 16.4. The standard InChI is InChI=1S/C18H28N4O3/c1-3-15(20-8-4-5-9-20)16(23)21-10-6-18(7-11-21,17(24)25)22-13-14(2)12-19-22/h12-13,15H,3-11H2,1-2H3,(H,24,25)/t15-/m0/s1. The Morgan fingerprint density at radius 1 is 1.24 bits per heavy atom. The molecule has 3 rings (SSSR count). The minimum Gasteiger partial charge on any atom is -0.479 e. The number of piperidine rings is 1. The van der Waals surface area contributed by atoms with Gasteiger partial charge >= 0.3 is 5.97 Å². The monoisotopic (exact) mass is 348 g/mol. The van der Waals surface area contributed by atoms with Crippen molar-refractivity contribution in [3.8, 4) is 0 Å². The number of nitrogens with zero attached hydrogens (tertiary/aromatic N) is 4. The normalized spacial score (nSPS) is 22.1. The second-order valence-corrected chi connectivity index (χ2v) is 7.29. The van der Waals surface area contributed by atoms with Crippen molar-refractivity contribution in [2.75, 3.05) is 26.2 Å². The summed E-state index contributed by atoms with van der Waals surface area (Å²) >= 11 is 0. The predicted octanol–water partition coefficient (Wildman–Crippen LogP) is 1.47. The first kappa shape index (κ1) is 17.9. The number of hydrogen-bond donors (Lipinski definition) is 1. The van der Waals surface area contributed by atoms with Crippen LogP contribution in [-0.4, -0.2) is 68.8 Å². The number of rotatable bonds is 5. The third-order valence-electron chi connectivity index (χ3n) is 5.70. The predicted molar refractivity (Wildman–Crippen MR) is 93.3 cm³/mol. The molecule has 7 heteroatoms. The Morgan fingerprint density at radius 2 is 1.88 bits per heavy atom. The van der Waals surface area contributed by atoms with E-state index >= 15 is 0 Å². The average molecular weight is 348 g/mol. The van der Waals surface area contributed by atoms with E-state index in [4.69, 9.17) is 0 Å². The van der Waals surface area contributed by atoms with Gasteiger partial charge < -0.3 is 10.0 Å². The fourth-order valence-corrected chi connectivity index (χ4v) is 4.14. The molecule has 0 aromatic carbocycles. The summed E-state index contributed by atoms with van der Waals surface area (Å²) in [6.07, 6.45) is 7.37. The van der Waals surface area contributed by atoms with Crippen molar-refractivity contribution in [3.63, 3.8) is 0 Å². The largest absolute Gasteiger partial charge is 0.479 e. The first-order chi connectivity index (χ1) is 12.0. The number of aromatic nitrogens is 2. The molecule has 1 aromatic heterocycles. The molecule has 0 spiro atoms. The van der Waals surface area contributed by atoms with Gasteiger partial charge in [0.1, 0.15) is 0 Å². The highest BCUT2D eigenvalue weighted by molar-refractivity contribution is 5.83. The number of aliphatic carboxylic acids is 1. The molecule has 2 fully saturated rings. The van der Waals surface area contributed by atoms with E-state index in [1.165, 1.54) is 0 Å². The zero-order chi connectivity index (χ0) is 18.0. The SMILES string of the molecule is CC[C@@H](C(=O)N1CCC(C(=O)O)(n2cc(C)cn2)CC1)N1CCCC1. The van der Waals surface area contributed by atoms with E-state index in [-0.39, 0.29) is 11.9 Å². The molecule has 2 saturated heterocycles. The minimum atomic E-state index is -1.04. The average Bonchev–Trinajstić information content (AvgIpc) is 3.27. The Morgan fingerprint density at radius 3 is 2.36 bits per heavy atom. The molecule has 0 unspecified atom stereocenters. The summed E-state index contributed by atoms with van der Waals surface area (Å²) in [5, 5.41) is 14.1. The fraction of sp³-hybridized carbons (Fsp3) is 0.722. The number of carbonyl (C=O) groups excluding carboxylic acids is 1. The van der Waals surface area contributed by atoms with Gasteiger partial charge in [-0.15, -0.1) is 0 Å². The molecule has 1 atom stereocenters. The van der Waals surface area contributed by atoms with Crippen molar-refractivity contribution in [2.45, 2.75) is 57.5 Å². The summed E-state index contributed by atoms with van der Waals surface area (Å²) in [6, 6.07) is -0.0632. The Kier molecular flexibility index (Phi) is 5.13. The van der Waals surface area contributed by atoms with Crippen molar-refractivity contribution < 1.29 is 14.7 Å². The molecule has 1 N–H and O–H groups in total. The molecule has 0 bridgehead atoms. The zero-order valence-electron chi connectivity index (χ0n) is 15.1. The first-order valence-corrected chi connectivity index (χ1v) is 9.26. The van der Waals surface area contributed by atoms with E-state index in [9.17, 15) is 14.7 Å².